The summed E-state index contributed by atoms with van der Waals surface area (Å²) < 4.78 is 27.8. The Morgan fingerprint density at radius 3 is 2.30 bits per heavy atom. The lowest BCUT2D eigenvalue weighted by atomic mass is 10.2. The highest BCUT2D eigenvalue weighted by molar-refractivity contribution is 5.89. The number of carbonyl (C=O) groups excluding carboxylic acids is 2. The molecule has 0 saturated heterocycles. The Labute approximate surface area is 193 Å². The lowest BCUT2D eigenvalue weighted by Gasteiger charge is -2.14. The number of amidine groups is 1. The van der Waals surface area contributed by atoms with Crippen molar-refractivity contribution >= 4 is 17.7 Å². The molecule has 3 N–H and O–H groups in total. The summed E-state index contributed by atoms with van der Waals surface area (Å²) in [5.74, 6) is -0.726. The van der Waals surface area contributed by atoms with Crippen molar-refractivity contribution in [3.63, 3.8) is 0 Å². The van der Waals surface area contributed by atoms with Crippen LogP contribution in [0.1, 0.15) is 26.5 Å². The Bertz CT molecular complexity index is 724. The van der Waals surface area contributed by atoms with Crippen LogP contribution < -0.4 is 11.1 Å². The summed E-state index contributed by atoms with van der Waals surface area (Å²) in [5.41, 5.74) is 5.94. The number of nitrogens with zero attached hydrogens (tertiary/aromatic N) is 4. The van der Waals surface area contributed by atoms with Gasteiger partial charge in [0.25, 0.3) is 0 Å². The average molecular weight is 473 g/mol. The van der Waals surface area contributed by atoms with E-state index in [2.05, 4.69) is 20.6 Å². The van der Waals surface area contributed by atoms with Gasteiger partial charge < -0.3 is 34.7 Å². The van der Waals surface area contributed by atoms with E-state index in [1.165, 1.54) is 6.92 Å². The maximum absolute atomic E-state index is 12.1. The van der Waals surface area contributed by atoms with Crippen molar-refractivity contribution in [1.29, 1.82) is 0 Å². The number of hydrogen-bond donors (Lipinski definition) is 2. The number of methoxy groups -OCH3 is 1. The van der Waals surface area contributed by atoms with Gasteiger partial charge in [-0.2, -0.15) is 0 Å². The van der Waals surface area contributed by atoms with Gasteiger partial charge in [0.15, 0.2) is 0 Å². The molecule has 1 amide bonds. The van der Waals surface area contributed by atoms with Gasteiger partial charge in [0.1, 0.15) is 24.4 Å². The second kappa shape index (κ2) is 16.9. The first kappa shape index (κ1) is 28.4. The standard InChI is InChI=1S/C20H36N6O7/c1-15(22-17(3)21)19(27)23-16(2)20(28)33-14-18-13-26(25-24-18)5-6-30-9-10-32-12-11-31-8-7-29-4/h13,15-16H,5-12,14H2,1-4H3,(H2,21,22)(H,23,27)/t15-,16-/m0/s1. The molecule has 0 unspecified atom stereocenters. The van der Waals surface area contributed by atoms with Gasteiger partial charge in [0.05, 0.1) is 64.8 Å². The Hall–Kier alpha value is -2.61. The Kier molecular flexibility index (Phi) is 14.6. The first-order chi connectivity index (χ1) is 15.8. The molecule has 1 heterocycles. The quantitative estimate of drug-likeness (QED) is 0.121. The Morgan fingerprint density at radius 1 is 1.09 bits per heavy atom. The summed E-state index contributed by atoms with van der Waals surface area (Å²) in [6.07, 6.45) is 1.66. The highest BCUT2D eigenvalue weighted by Crippen LogP contribution is 2.00. The van der Waals surface area contributed by atoms with E-state index in [1.54, 1.807) is 31.8 Å². The summed E-state index contributed by atoms with van der Waals surface area (Å²) in [6.45, 7) is 8.62. The minimum absolute atomic E-state index is 0.0597. The number of aromatic nitrogens is 3. The van der Waals surface area contributed by atoms with E-state index in [0.29, 0.717) is 58.5 Å². The predicted molar refractivity (Wildman–Crippen MR) is 119 cm³/mol. The maximum Gasteiger partial charge on any atom is 0.328 e. The van der Waals surface area contributed by atoms with Crippen LogP contribution in [0.3, 0.4) is 0 Å². The fraction of sp³-hybridized carbons (Fsp3) is 0.750. The molecule has 0 fully saturated rings. The highest BCUT2D eigenvalue weighted by Gasteiger charge is 2.20. The van der Waals surface area contributed by atoms with Crippen molar-refractivity contribution in [3.05, 3.63) is 11.9 Å². The van der Waals surface area contributed by atoms with Gasteiger partial charge >= 0.3 is 5.97 Å². The van der Waals surface area contributed by atoms with Crippen LogP contribution in [0.25, 0.3) is 0 Å². The number of aliphatic imine (C=N–C) groups is 1. The van der Waals surface area contributed by atoms with Gasteiger partial charge in [0.2, 0.25) is 5.91 Å². The number of nitrogens with one attached hydrogen (secondary N) is 1. The van der Waals surface area contributed by atoms with Crippen molar-refractivity contribution in [3.8, 4) is 0 Å². The fourth-order valence-corrected chi connectivity index (χ4v) is 2.38. The minimum Gasteiger partial charge on any atom is -0.458 e. The van der Waals surface area contributed by atoms with E-state index in [0.717, 1.165) is 0 Å². The number of amides is 1. The zero-order chi connectivity index (χ0) is 24.5. The molecule has 0 aliphatic rings. The molecular formula is C20H36N6O7. The number of carbonyl (C=O) groups is 2. The van der Waals surface area contributed by atoms with Crippen LogP contribution in [0.5, 0.6) is 0 Å². The summed E-state index contributed by atoms with van der Waals surface area (Å²) in [6, 6.07) is -1.53. The van der Waals surface area contributed by atoms with Crippen LogP contribution in [-0.2, 0) is 46.4 Å². The first-order valence-electron chi connectivity index (χ1n) is 10.7. The lowest BCUT2D eigenvalue weighted by molar-refractivity contribution is -0.148. The van der Waals surface area contributed by atoms with Gasteiger partial charge in [-0.1, -0.05) is 5.21 Å². The average Bonchev–Trinajstić information content (AvgIpc) is 3.23. The van der Waals surface area contributed by atoms with Crippen molar-refractivity contribution < 1.29 is 33.3 Å². The molecule has 1 aromatic heterocycles. The van der Waals surface area contributed by atoms with Crippen LogP contribution in [0, 0.1) is 0 Å². The minimum atomic E-state index is -0.837. The highest BCUT2D eigenvalue weighted by atomic mass is 16.6. The van der Waals surface area contributed by atoms with E-state index in [-0.39, 0.29) is 12.4 Å². The van der Waals surface area contributed by atoms with Crippen LogP contribution in [0.4, 0.5) is 0 Å². The lowest BCUT2D eigenvalue weighted by Crippen LogP contribution is -2.43. The molecule has 13 nitrogen and oxygen atoms in total. The summed E-state index contributed by atoms with van der Waals surface area (Å²) >= 11 is 0. The maximum atomic E-state index is 12.1. The van der Waals surface area contributed by atoms with E-state index in [9.17, 15) is 9.59 Å². The molecule has 13 heteroatoms. The SMILES string of the molecule is COCCOCCOCCOCCn1cc(COC(=O)[C@H](C)NC(=O)[C@H](C)N=C(C)N)nn1. The molecule has 188 valence electrons. The number of esters is 1. The molecular weight excluding hydrogens is 436 g/mol. The van der Waals surface area contributed by atoms with Crippen molar-refractivity contribution in [2.75, 3.05) is 53.4 Å². The van der Waals surface area contributed by atoms with Crippen LogP contribution >= 0.6 is 0 Å². The molecule has 0 saturated carbocycles. The molecule has 0 aliphatic carbocycles. The number of rotatable bonds is 18. The number of nitrogens with two attached hydrogens (primary N) is 1. The van der Waals surface area contributed by atoms with E-state index >= 15 is 0 Å². The van der Waals surface area contributed by atoms with Gasteiger partial charge in [-0.15, -0.1) is 5.10 Å². The predicted octanol–water partition coefficient (Wildman–Crippen LogP) is -0.712. The number of hydrogen-bond acceptors (Lipinski definition) is 10. The molecule has 1 aromatic rings. The molecule has 0 aliphatic heterocycles. The van der Waals surface area contributed by atoms with Gasteiger partial charge in [-0.05, 0) is 20.8 Å². The van der Waals surface area contributed by atoms with Gasteiger partial charge in [-0.25, -0.2) is 9.48 Å². The van der Waals surface area contributed by atoms with E-state index < -0.39 is 24.0 Å². The second-order valence-corrected chi connectivity index (χ2v) is 7.09. The van der Waals surface area contributed by atoms with Gasteiger partial charge in [0, 0.05) is 7.11 Å². The molecule has 33 heavy (non-hydrogen) atoms. The summed E-state index contributed by atoms with van der Waals surface area (Å²) in [4.78, 5) is 28.0. The molecule has 2 atom stereocenters. The Balaban J connectivity index is 2.16. The monoisotopic (exact) mass is 472 g/mol. The largest absolute Gasteiger partial charge is 0.458 e. The number of ether oxygens (including phenoxy) is 5. The topological polar surface area (TPSA) is 161 Å². The second-order valence-electron chi connectivity index (χ2n) is 7.09. The normalized spacial score (nSPS) is 13.5. The first-order valence-corrected chi connectivity index (χ1v) is 10.7. The summed E-state index contributed by atoms with van der Waals surface area (Å²) in [7, 11) is 1.63. The van der Waals surface area contributed by atoms with E-state index in [4.69, 9.17) is 29.4 Å². The van der Waals surface area contributed by atoms with Crippen molar-refractivity contribution in [2.45, 2.75) is 46.0 Å². The molecule has 0 spiro atoms. The Morgan fingerprint density at radius 2 is 1.70 bits per heavy atom. The summed E-state index contributed by atoms with van der Waals surface area (Å²) in [5, 5.41) is 10.4. The molecule has 0 radical (unpaired) electrons. The third-order valence-electron chi connectivity index (χ3n) is 4.08. The molecule has 1 rings (SSSR count). The molecule has 0 aromatic carbocycles. The fourth-order valence-electron chi connectivity index (χ4n) is 2.38. The zero-order valence-electron chi connectivity index (χ0n) is 19.8. The third kappa shape index (κ3) is 13.5. The smallest absolute Gasteiger partial charge is 0.328 e. The molecule has 0 bridgehead atoms. The van der Waals surface area contributed by atoms with Crippen LogP contribution in [0.2, 0.25) is 0 Å². The van der Waals surface area contributed by atoms with Crippen LogP contribution in [-0.4, -0.2) is 98.1 Å². The van der Waals surface area contributed by atoms with Crippen molar-refractivity contribution in [1.82, 2.24) is 20.3 Å². The zero-order valence-corrected chi connectivity index (χ0v) is 19.8. The van der Waals surface area contributed by atoms with E-state index in [1.807, 2.05) is 0 Å². The third-order valence-corrected chi connectivity index (χ3v) is 4.08. The van der Waals surface area contributed by atoms with Crippen molar-refractivity contribution in [2.24, 2.45) is 10.7 Å². The van der Waals surface area contributed by atoms with Gasteiger partial charge in [-0.3, -0.25) is 9.79 Å². The van der Waals surface area contributed by atoms with Crippen LogP contribution in [0.15, 0.2) is 11.2 Å².